The smallest absolute Gasteiger partial charge is 0.0648 e. The molecule has 1 N–H and O–H groups in total. The molecule has 1 atom stereocenters. The zero-order valence-electron chi connectivity index (χ0n) is 11.4. The summed E-state index contributed by atoms with van der Waals surface area (Å²) in [6.45, 7) is 7.39. The fraction of sp³-hybridized carbons (Fsp3) is 0.400. The summed E-state index contributed by atoms with van der Waals surface area (Å²) in [4.78, 5) is 0. The summed E-state index contributed by atoms with van der Waals surface area (Å²) in [5.74, 6) is 0. The molecule has 1 heterocycles. The Morgan fingerprint density at radius 2 is 2.17 bits per heavy atom. The highest BCUT2D eigenvalue weighted by Gasteiger charge is 2.08. The first kappa shape index (κ1) is 12.8. The highest BCUT2D eigenvalue weighted by Crippen LogP contribution is 2.19. The molecule has 0 amide bonds. The first-order valence-corrected chi connectivity index (χ1v) is 6.59. The molecule has 0 radical (unpaired) electrons. The normalized spacial score (nSPS) is 12.6. The molecule has 18 heavy (non-hydrogen) atoms. The van der Waals surface area contributed by atoms with Gasteiger partial charge in [0.25, 0.3) is 0 Å². The van der Waals surface area contributed by atoms with Crippen molar-refractivity contribution in [1.29, 1.82) is 0 Å². The van der Waals surface area contributed by atoms with Crippen molar-refractivity contribution in [2.75, 3.05) is 6.54 Å². The third kappa shape index (κ3) is 2.79. The van der Waals surface area contributed by atoms with Crippen LogP contribution in [0.1, 0.15) is 37.4 Å². The minimum absolute atomic E-state index is 0.423. The van der Waals surface area contributed by atoms with E-state index in [1.807, 2.05) is 17.1 Å². The summed E-state index contributed by atoms with van der Waals surface area (Å²) in [5.41, 5.74) is 3.63. The van der Waals surface area contributed by atoms with Crippen molar-refractivity contribution in [3.05, 3.63) is 47.8 Å². The predicted octanol–water partition coefficient (Wildman–Crippen LogP) is 3.24. The van der Waals surface area contributed by atoms with E-state index < -0.39 is 0 Å². The molecule has 2 aromatic rings. The molecule has 0 aliphatic rings. The summed E-state index contributed by atoms with van der Waals surface area (Å²) in [6.07, 6.45) is 5.02. The predicted molar refractivity (Wildman–Crippen MR) is 75.0 cm³/mol. The Morgan fingerprint density at radius 1 is 1.33 bits per heavy atom. The lowest BCUT2D eigenvalue weighted by Gasteiger charge is -2.17. The maximum Gasteiger partial charge on any atom is 0.0648 e. The molecule has 2 rings (SSSR count). The summed E-state index contributed by atoms with van der Waals surface area (Å²) >= 11 is 0. The van der Waals surface area contributed by atoms with Crippen molar-refractivity contribution in [2.24, 2.45) is 0 Å². The van der Waals surface area contributed by atoms with Crippen LogP contribution >= 0.6 is 0 Å². The molecular formula is C15H21N3. The lowest BCUT2D eigenvalue weighted by atomic mass is 10.0. The second-order valence-corrected chi connectivity index (χ2v) is 4.58. The van der Waals surface area contributed by atoms with Crippen LogP contribution in [-0.4, -0.2) is 16.3 Å². The van der Waals surface area contributed by atoms with Gasteiger partial charge in [-0.3, -0.25) is 0 Å². The van der Waals surface area contributed by atoms with E-state index in [4.69, 9.17) is 0 Å². The van der Waals surface area contributed by atoms with E-state index in [2.05, 4.69) is 55.5 Å². The van der Waals surface area contributed by atoms with Crippen LogP contribution < -0.4 is 5.32 Å². The number of hydrogen-bond donors (Lipinski definition) is 1. The highest BCUT2D eigenvalue weighted by molar-refractivity contribution is 5.37. The molecule has 0 spiro atoms. The van der Waals surface area contributed by atoms with Crippen molar-refractivity contribution in [1.82, 2.24) is 15.1 Å². The molecule has 0 aliphatic heterocycles. The summed E-state index contributed by atoms with van der Waals surface area (Å²) < 4.78 is 1.93. The fourth-order valence-electron chi connectivity index (χ4n) is 2.18. The van der Waals surface area contributed by atoms with Gasteiger partial charge in [-0.25, -0.2) is 4.68 Å². The van der Waals surface area contributed by atoms with Crippen LogP contribution in [0.2, 0.25) is 0 Å². The van der Waals surface area contributed by atoms with E-state index in [1.165, 1.54) is 11.1 Å². The van der Waals surface area contributed by atoms with Gasteiger partial charge in [0.05, 0.1) is 11.9 Å². The third-order valence-electron chi connectivity index (χ3n) is 3.11. The fourth-order valence-corrected chi connectivity index (χ4v) is 2.18. The zero-order valence-corrected chi connectivity index (χ0v) is 11.4. The standard InChI is InChI=1S/C15H21N3/c1-4-15(16-5-2)13-7-6-8-14(9-13)18-11-12(3)10-17-18/h6-11,15-16H,4-5H2,1-3H3. The van der Waals surface area contributed by atoms with Crippen LogP contribution in [0.3, 0.4) is 0 Å². The SMILES string of the molecule is CCNC(CC)c1cccc(-n2cc(C)cn2)c1. The number of benzene rings is 1. The van der Waals surface area contributed by atoms with E-state index >= 15 is 0 Å². The number of nitrogens with zero attached hydrogens (tertiary/aromatic N) is 2. The molecule has 1 aromatic carbocycles. The lowest BCUT2D eigenvalue weighted by molar-refractivity contribution is 0.537. The number of aromatic nitrogens is 2. The first-order chi connectivity index (χ1) is 8.74. The van der Waals surface area contributed by atoms with Gasteiger partial charge in [0, 0.05) is 12.2 Å². The zero-order chi connectivity index (χ0) is 13.0. The van der Waals surface area contributed by atoms with Crippen molar-refractivity contribution >= 4 is 0 Å². The Hall–Kier alpha value is -1.61. The monoisotopic (exact) mass is 243 g/mol. The van der Waals surface area contributed by atoms with Crippen LogP contribution in [0.25, 0.3) is 5.69 Å². The summed E-state index contributed by atoms with van der Waals surface area (Å²) in [6, 6.07) is 9.00. The number of nitrogens with one attached hydrogen (secondary N) is 1. The molecular weight excluding hydrogens is 222 g/mol. The van der Waals surface area contributed by atoms with Gasteiger partial charge < -0.3 is 5.32 Å². The number of rotatable bonds is 5. The van der Waals surface area contributed by atoms with Crippen molar-refractivity contribution in [3.63, 3.8) is 0 Å². The Kier molecular flexibility index (Phi) is 4.15. The summed E-state index contributed by atoms with van der Waals surface area (Å²) in [5, 5.41) is 7.86. The van der Waals surface area contributed by atoms with Crippen molar-refractivity contribution < 1.29 is 0 Å². The van der Waals surface area contributed by atoms with Gasteiger partial charge in [0.15, 0.2) is 0 Å². The van der Waals surface area contributed by atoms with Crippen LogP contribution in [0.4, 0.5) is 0 Å². The van der Waals surface area contributed by atoms with Crippen molar-refractivity contribution in [2.45, 2.75) is 33.2 Å². The average Bonchev–Trinajstić information content (AvgIpc) is 2.83. The molecule has 3 nitrogen and oxygen atoms in total. The van der Waals surface area contributed by atoms with Gasteiger partial charge in [-0.1, -0.05) is 26.0 Å². The van der Waals surface area contributed by atoms with E-state index in [0.717, 1.165) is 18.7 Å². The Balaban J connectivity index is 2.29. The van der Waals surface area contributed by atoms with Crippen LogP contribution in [0.15, 0.2) is 36.7 Å². The van der Waals surface area contributed by atoms with Gasteiger partial charge in [-0.15, -0.1) is 0 Å². The number of aryl methyl sites for hydroxylation is 1. The van der Waals surface area contributed by atoms with Crippen molar-refractivity contribution in [3.8, 4) is 5.69 Å². The topological polar surface area (TPSA) is 29.9 Å². The second kappa shape index (κ2) is 5.83. The molecule has 1 unspecified atom stereocenters. The van der Waals surface area contributed by atoms with E-state index in [0.29, 0.717) is 6.04 Å². The van der Waals surface area contributed by atoms with Crippen LogP contribution in [-0.2, 0) is 0 Å². The van der Waals surface area contributed by atoms with Gasteiger partial charge in [-0.2, -0.15) is 5.10 Å². The highest BCUT2D eigenvalue weighted by atomic mass is 15.3. The molecule has 0 aliphatic carbocycles. The van der Waals surface area contributed by atoms with Gasteiger partial charge in [0.2, 0.25) is 0 Å². The quantitative estimate of drug-likeness (QED) is 0.873. The minimum atomic E-state index is 0.423. The Labute approximate surface area is 109 Å². The Morgan fingerprint density at radius 3 is 2.78 bits per heavy atom. The van der Waals surface area contributed by atoms with Crippen LogP contribution in [0, 0.1) is 6.92 Å². The van der Waals surface area contributed by atoms with Crippen LogP contribution in [0.5, 0.6) is 0 Å². The molecule has 0 saturated heterocycles. The maximum absolute atomic E-state index is 4.35. The Bertz CT molecular complexity index is 502. The molecule has 0 fully saturated rings. The van der Waals surface area contributed by atoms with E-state index in [9.17, 15) is 0 Å². The maximum atomic E-state index is 4.35. The molecule has 3 heteroatoms. The lowest BCUT2D eigenvalue weighted by Crippen LogP contribution is -2.20. The molecule has 0 saturated carbocycles. The summed E-state index contributed by atoms with van der Waals surface area (Å²) in [7, 11) is 0. The number of hydrogen-bond acceptors (Lipinski definition) is 2. The van der Waals surface area contributed by atoms with Gasteiger partial charge >= 0.3 is 0 Å². The second-order valence-electron chi connectivity index (χ2n) is 4.58. The van der Waals surface area contributed by atoms with Gasteiger partial charge in [-0.05, 0) is 43.1 Å². The third-order valence-corrected chi connectivity index (χ3v) is 3.11. The first-order valence-electron chi connectivity index (χ1n) is 6.59. The molecule has 0 bridgehead atoms. The molecule has 96 valence electrons. The van der Waals surface area contributed by atoms with E-state index in [-0.39, 0.29) is 0 Å². The van der Waals surface area contributed by atoms with E-state index in [1.54, 1.807) is 0 Å². The largest absolute Gasteiger partial charge is 0.310 e. The average molecular weight is 243 g/mol. The molecule has 1 aromatic heterocycles. The minimum Gasteiger partial charge on any atom is -0.310 e. The van der Waals surface area contributed by atoms with Gasteiger partial charge in [0.1, 0.15) is 0 Å².